The highest BCUT2D eigenvalue weighted by molar-refractivity contribution is 8.00. The van der Waals surface area contributed by atoms with Gasteiger partial charge in [-0.2, -0.15) is 5.10 Å². The zero-order valence-corrected chi connectivity index (χ0v) is 24.9. The number of anilines is 1. The molecule has 41 heavy (non-hydrogen) atoms. The largest absolute Gasteiger partial charge is 0.497 e. The maximum Gasteiger partial charge on any atom is 0.240 e. The van der Waals surface area contributed by atoms with Crippen molar-refractivity contribution in [2.24, 2.45) is 0 Å². The van der Waals surface area contributed by atoms with Crippen LogP contribution in [0.2, 0.25) is 0 Å². The lowest BCUT2D eigenvalue weighted by Crippen LogP contribution is -2.42. The van der Waals surface area contributed by atoms with Crippen LogP contribution in [0.5, 0.6) is 5.75 Å². The highest BCUT2D eigenvalue weighted by Gasteiger charge is 2.40. The van der Waals surface area contributed by atoms with Crippen LogP contribution in [0.3, 0.4) is 0 Å². The van der Waals surface area contributed by atoms with Gasteiger partial charge < -0.3 is 10.1 Å². The number of amides is 2. The second-order valence-corrected chi connectivity index (χ2v) is 12.2. The summed E-state index contributed by atoms with van der Waals surface area (Å²) in [6.45, 7) is 8.68. The second kappa shape index (κ2) is 11.8. The number of nitrogens with zero attached hydrogens (tertiary/aromatic N) is 4. The third kappa shape index (κ3) is 6.00. The van der Waals surface area contributed by atoms with Gasteiger partial charge in [0.2, 0.25) is 11.8 Å². The van der Waals surface area contributed by atoms with Crippen molar-refractivity contribution in [3.63, 3.8) is 0 Å². The quantitative estimate of drug-likeness (QED) is 0.322. The van der Waals surface area contributed by atoms with Crippen LogP contribution in [0.25, 0.3) is 5.69 Å². The van der Waals surface area contributed by atoms with Gasteiger partial charge in [-0.25, -0.2) is 4.68 Å². The number of fused-ring (bicyclic) bond motifs is 1. The highest BCUT2D eigenvalue weighted by atomic mass is 32.2. The standard InChI is InChI=1S/C32H35N5O3S/c1-21-9-6-7-11-25(21)29-28-30(32(2,3)4)35-37(23-12-14-24(40-5)15-13-23)31(28)36(27(39)20-41-29)19-26(38)34-18-22-10-8-16-33-17-22/h6-17,29H,18-20H2,1-5H3,(H,34,38). The van der Waals surface area contributed by atoms with Crippen LogP contribution in [0.4, 0.5) is 5.82 Å². The summed E-state index contributed by atoms with van der Waals surface area (Å²) >= 11 is 1.58. The predicted octanol–water partition coefficient (Wildman–Crippen LogP) is 5.37. The molecule has 2 aromatic carbocycles. The van der Waals surface area contributed by atoms with Crippen molar-refractivity contribution in [2.45, 2.75) is 44.9 Å². The fraction of sp³-hybridized carbons (Fsp3) is 0.312. The van der Waals surface area contributed by atoms with Crippen molar-refractivity contribution < 1.29 is 14.3 Å². The number of ether oxygens (including phenoxy) is 1. The Morgan fingerprint density at radius 1 is 1.10 bits per heavy atom. The average Bonchev–Trinajstić information content (AvgIpc) is 3.31. The van der Waals surface area contributed by atoms with Crippen molar-refractivity contribution >= 4 is 29.4 Å². The fourth-order valence-corrected chi connectivity index (χ4v) is 6.30. The molecule has 0 aliphatic carbocycles. The number of pyridine rings is 1. The van der Waals surface area contributed by atoms with Gasteiger partial charge in [-0.15, -0.1) is 11.8 Å². The molecule has 0 spiro atoms. The van der Waals surface area contributed by atoms with E-state index in [0.29, 0.717) is 12.4 Å². The van der Waals surface area contributed by atoms with E-state index in [1.807, 2.05) is 53.2 Å². The van der Waals surface area contributed by atoms with Gasteiger partial charge in [0.15, 0.2) is 0 Å². The Hall–Kier alpha value is -4.11. The minimum absolute atomic E-state index is 0.126. The molecule has 1 unspecified atom stereocenters. The van der Waals surface area contributed by atoms with E-state index in [1.165, 1.54) is 0 Å². The van der Waals surface area contributed by atoms with Gasteiger partial charge >= 0.3 is 0 Å². The number of aromatic nitrogens is 3. The minimum Gasteiger partial charge on any atom is -0.497 e. The molecule has 0 saturated heterocycles. The lowest BCUT2D eigenvalue weighted by atomic mass is 9.86. The van der Waals surface area contributed by atoms with Crippen LogP contribution in [0, 0.1) is 6.92 Å². The van der Waals surface area contributed by atoms with Crippen LogP contribution >= 0.6 is 11.8 Å². The fourth-order valence-electron chi connectivity index (χ4n) is 5.01. The number of carbonyl (C=O) groups excluding carboxylic acids is 2. The Morgan fingerprint density at radius 2 is 1.85 bits per heavy atom. The molecule has 212 valence electrons. The molecule has 0 radical (unpaired) electrons. The molecule has 2 aromatic heterocycles. The number of hydrogen-bond donors (Lipinski definition) is 1. The van der Waals surface area contributed by atoms with Crippen LogP contribution < -0.4 is 15.0 Å². The molecule has 1 atom stereocenters. The molecule has 1 aliphatic heterocycles. The summed E-state index contributed by atoms with van der Waals surface area (Å²) < 4.78 is 7.20. The SMILES string of the molecule is COc1ccc(-n2nc(C(C)(C)C)c3c2N(CC(=O)NCc2cccnc2)C(=O)CSC3c2ccccc2C)cc1. The third-order valence-electron chi connectivity index (χ3n) is 7.10. The number of aryl methyl sites for hydroxylation is 1. The summed E-state index contributed by atoms with van der Waals surface area (Å²) in [5, 5.41) is 7.97. The van der Waals surface area contributed by atoms with Crippen LogP contribution in [-0.4, -0.2) is 46.0 Å². The number of benzene rings is 2. The Balaban J connectivity index is 1.66. The Morgan fingerprint density at radius 3 is 2.51 bits per heavy atom. The normalized spacial score (nSPS) is 15.3. The van der Waals surface area contributed by atoms with E-state index >= 15 is 0 Å². The molecule has 4 aromatic rings. The first-order chi connectivity index (χ1) is 19.7. The lowest BCUT2D eigenvalue weighted by molar-refractivity contribution is -0.123. The van der Waals surface area contributed by atoms with Crippen molar-refractivity contribution in [3.8, 4) is 11.4 Å². The Labute approximate surface area is 245 Å². The van der Waals surface area contributed by atoms with Crippen molar-refractivity contribution in [1.29, 1.82) is 0 Å². The average molecular weight is 570 g/mol. The first kappa shape index (κ1) is 28.4. The first-order valence-corrected chi connectivity index (χ1v) is 14.6. The lowest BCUT2D eigenvalue weighted by Gasteiger charge is -2.25. The van der Waals surface area contributed by atoms with Gasteiger partial charge in [-0.1, -0.05) is 51.1 Å². The van der Waals surface area contributed by atoms with E-state index < -0.39 is 0 Å². The topological polar surface area (TPSA) is 89.3 Å². The zero-order chi connectivity index (χ0) is 29.1. The smallest absolute Gasteiger partial charge is 0.240 e. The summed E-state index contributed by atoms with van der Waals surface area (Å²) in [5.74, 6) is 1.18. The van der Waals surface area contributed by atoms with E-state index in [9.17, 15) is 9.59 Å². The van der Waals surface area contributed by atoms with Crippen LogP contribution in [0.1, 0.15) is 54.0 Å². The molecule has 0 fully saturated rings. The van der Waals surface area contributed by atoms with Crippen molar-refractivity contribution in [1.82, 2.24) is 20.1 Å². The summed E-state index contributed by atoms with van der Waals surface area (Å²) in [5.41, 5.74) is 5.46. The second-order valence-electron chi connectivity index (χ2n) is 11.1. The first-order valence-electron chi connectivity index (χ1n) is 13.6. The molecule has 5 rings (SSSR count). The Bertz CT molecular complexity index is 1540. The van der Waals surface area contributed by atoms with Gasteiger partial charge in [0.25, 0.3) is 0 Å². The Kier molecular flexibility index (Phi) is 8.17. The van der Waals surface area contributed by atoms with Gasteiger partial charge in [-0.3, -0.25) is 19.5 Å². The number of rotatable bonds is 7. The van der Waals surface area contributed by atoms with Gasteiger partial charge in [0.05, 0.1) is 29.5 Å². The predicted molar refractivity (Wildman–Crippen MR) is 163 cm³/mol. The van der Waals surface area contributed by atoms with Crippen molar-refractivity contribution in [2.75, 3.05) is 24.3 Å². The number of thioether (sulfide) groups is 1. The van der Waals surface area contributed by atoms with Gasteiger partial charge in [-0.05, 0) is 53.9 Å². The number of nitrogens with one attached hydrogen (secondary N) is 1. The van der Waals surface area contributed by atoms with Gasteiger partial charge in [0.1, 0.15) is 18.1 Å². The van der Waals surface area contributed by atoms with E-state index in [0.717, 1.165) is 39.4 Å². The number of methoxy groups -OCH3 is 1. The van der Waals surface area contributed by atoms with E-state index in [4.69, 9.17) is 9.84 Å². The summed E-state index contributed by atoms with van der Waals surface area (Å²) in [7, 11) is 1.63. The van der Waals surface area contributed by atoms with E-state index in [1.54, 1.807) is 36.2 Å². The monoisotopic (exact) mass is 569 g/mol. The number of hydrogen-bond acceptors (Lipinski definition) is 6. The molecule has 2 amide bonds. The maximum atomic E-state index is 13.8. The molecular formula is C32H35N5O3S. The summed E-state index contributed by atoms with van der Waals surface area (Å²) in [4.78, 5) is 32.9. The molecule has 0 bridgehead atoms. The van der Waals surface area contributed by atoms with Crippen LogP contribution in [-0.2, 0) is 21.5 Å². The summed E-state index contributed by atoms with van der Waals surface area (Å²) in [6.07, 6.45) is 3.41. The molecule has 1 N–H and O–H groups in total. The van der Waals surface area contributed by atoms with E-state index in [-0.39, 0.29) is 34.8 Å². The third-order valence-corrected chi connectivity index (χ3v) is 8.34. The minimum atomic E-state index is -0.328. The molecule has 3 heterocycles. The maximum absolute atomic E-state index is 13.8. The molecule has 1 aliphatic rings. The van der Waals surface area contributed by atoms with Gasteiger partial charge in [0, 0.05) is 29.9 Å². The molecule has 9 heteroatoms. The highest BCUT2D eigenvalue weighted by Crippen LogP contribution is 2.49. The van der Waals surface area contributed by atoms with Crippen LogP contribution in [0.15, 0.2) is 73.1 Å². The zero-order valence-electron chi connectivity index (χ0n) is 24.0. The summed E-state index contributed by atoms with van der Waals surface area (Å²) in [6, 6.07) is 19.6. The number of carbonyl (C=O) groups is 2. The molecular weight excluding hydrogens is 534 g/mol. The van der Waals surface area contributed by atoms with Crippen molar-refractivity contribution in [3.05, 3.63) is 101 Å². The van der Waals surface area contributed by atoms with E-state index in [2.05, 4.69) is 50.1 Å². The molecule has 8 nitrogen and oxygen atoms in total. The molecule has 0 saturated carbocycles.